The van der Waals surface area contributed by atoms with Crippen molar-refractivity contribution in [1.82, 2.24) is 20.4 Å². The molecule has 1 unspecified atom stereocenters. The van der Waals surface area contributed by atoms with Gasteiger partial charge in [0.15, 0.2) is 0 Å². The van der Waals surface area contributed by atoms with Crippen LogP contribution in [-0.2, 0) is 0 Å². The highest BCUT2D eigenvalue weighted by atomic mass is 16.5. The number of hydrogen-bond donors (Lipinski definition) is 1. The quantitative estimate of drug-likeness (QED) is 0.604. The average Bonchev–Trinajstić information content (AvgIpc) is 3.24. The molecule has 2 aromatic carbocycles. The number of hydrogen-bond acceptors (Lipinski definition) is 4. The number of amides is 2. The lowest BCUT2D eigenvalue weighted by molar-refractivity contribution is 0.204. The van der Waals surface area contributed by atoms with E-state index in [4.69, 9.17) is 4.52 Å². The van der Waals surface area contributed by atoms with Crippen LogP contribution in [0.3, 0.4) is 0 Å². The van der Waals surface area contributed by atoms with Crippen LogP contribution in [0.5, 0.6) is 0 Å². The van der Waals surface area contributed by atoms with Gasteiger partial charge >= 0.3 is 6.03 Å². The number of aryl methyl sites for hydroxylation is 1. The Bertz CT molecular complexity index is 1050. The topological polar surface area (TPSA) is 71.3 Å². The summed E-state index contributed by atoms with van der Waals surface area (Å²) in [6, 6.07) is 17.4. The summed E-state index contributed by atoms with van der Waals surface area (Å²) in [4.78, 5) is 19.3. The molecule has 154 valence electrons. The van der Waals surface area contributed by atoms with Gasteiger partial charge in [0.25, 0.3) is 5.89 Å². The molecule has 4 rings (SSSR count). The van der Waals surface area contributed by atoms with Crippen LogP contribution < -0.4 is 5.32 Å². The molecule has 2 amide bonds. The Hall–Kier alpha value is -3.41. The predicted molar refractivity (Wildman–Crippen MR) is 116 cm³/mol. The van der Waals surface area contributed by atoms with E-state index in [2.05, 4.69) is 22.4 Å². The summed E-state index contributed by atoms with van der Waals surface area (Å²) < 4.78 is 5.70. The van der Waals surface area contributed by atoms with Crippen LogP contribution in [0.25, 0.3) is 17.0 Å². The summed E-state index contributed by atoms with van der Waals surface area (Å²) in [5, 5.41) is 7.34. The van der Waals surface area contributed by atoms with Crippen molar-refractivity contribution in [2.24, 2.45) is 0 Å². The number of rotatable bonds is 6. The molecule has 0 radical (unpaired) electrons. The second-order valence-electron chi connectivity index (χ2n) is 7.59. The molecule has 6 nitrogen and oxygen atoms in total. The minimum absolute atomic E-state index is 0.100. The number of benzene rings is 2. The SMILES string of the molecule is CCCCN1C(=O)NC(c2ccccc2)C(c2nc(-c3ccc(C)cc3)no2)=C1C. The first-order chi connectivity index (χ1) is 14.6. The van der Waals surface area contributed by atoms with E-state index in [1.54, 1.807) is 4.90 Å². The Morgan fingerprint density at radius 1 is 1.07 bits per heavy atom. The molecule has 0 spiro atoms. The molecule has 1 atom stereocenters. The van der Waals surface area contributed by atoms with Crippen LogP contribution in [-0.4, -0.2) is 27.6 Å². The van der Waals surface area contributed by atoms with Crippen molar-refractivity contribution < 1.29 is 9.32 Å². The summed E-state index contributed by atoms with van der Waals surface area (Å²) in [6.45, 7) is 6.76. The fourth-order valence-corrected chi connectivity index (χ4v) is 3.69. The number of nitrogens with zero attached hydrogens (tertiary/aromatic N) is 3. The molecule has 0 aliphatic carbocycles. The number of carbonyl (C=O) groups excluding carboxylic acids is 1. The lowest BCUT2D eigenvalue weighted by atomic mass is 9.94. The summed E-state index contributed by atoms with van der Waals surface area (Å²) in [5.74, 6) is 0.965. The third kappa shape index (κ3) is 3.85. The highest BCUT2D eigenvalue weighted by Gasteiger charge is 2.35. The molecule has 6 heteroatoms. The van der Waals surface area contributed by atoms with Crippen molar-refractivity contribution in [3.05, 3.63) is 77.3 Å². The summed E-state index contributed by atoms with van der Waals surface area (Å²) in [6.07, 6.45) is 1.93. The van der Waals surface area contributed by atoms with E-state index in [1.165, 1.54) is 5.56 Å². The molecule has 1 N–H and O–H groups in total. The van der Waals surface area contributed by atoms with Crippen molar-refractivity contribution in [1.29, 1.82) is 0 Å². The Morgan fingerprint density at radius 3 is 2.50 bits per heavy atom. The van der Waals surface area contributed by atoms with E-state index in [0.29, 0.717) is 18.3 Å². The maximum absolute atomic E-state index is 12.8. The van der Waals surface area contributed by atoms with Gasteiger partial charge in [0, 0.05) is 17.8 Å². The van der Waals surface area contributed by atoms with E-state index >= 15 is 0 Å². The van der Waals surface area contributed by atoms with Crippen LogP contribution in [0.4, 0.5) is 4.79 Å². The van der Waals surface area contributed by atoms with Crippen molar-refractivity contribution in [3.63, 3.8) is 0 Å². The lowest BCUT2D eigenvalue weighted by Gasteiger charge is -2.35. The average molecular weight is 402 g/mol. The van der Waals surface area contributed by atoms with Gasteiger partial charge in [-0.15, -0.1) is 0 Å². The molecule has 3 aromatic rings. The van der Waals surface area contributed by atoms with Crippen molar-refractivity contribution in [3.8, 4) is 11.4 Å². The zero-order chi connectivity index (χ0) is 21.1. The standard InChI is InChI=1S/C24H26N4O2/c1-4-5-15-28-17(3)20(21(25-24(28)29)18-9-7-6-8-10-18)23-26-22(27-30-23)19-13-11-16(2)12-14-19/h6-14,21H,4-5,15H2,1-3H3,(H,25,29). The van der Waals surface area contributed by atoms with E-state index in [0.717, 1.165) is 35.2 Å². The summed E-state index contributed by atoms with van der Waals surface area (Å²) >= 11 is 0. The summed E-state index contributed by atoms with van der Waals surface area (Å²) in [5.41, 5.74) is 4.73. The highest BCUT2D eigenvalue weighted by Crippen LogP contribution is 2.37. The summed E-state index contributed by atoms with van der Waals surface area (Å²) in [7, 11) is 0. The van der Waals surface area contributed by atoms with Crippen LogP contribution in [0, 0.1) is 6.92 Å². The van der Waals surface area contributed by atoms with Gasteiger partial charge in [0.05, 0.1) is 11.6 Å². The normalized spacial score (nSPS) is 16.7. The smallest absolute Gasteiger partial charge is 0.322 e. The molecule has 0 saturated heterocycles. The number of allylic oxidation sites excluding steroid dienone is 1. The molecule has 1 aromatic heterocycles. The van der Waals surface area contributed by atoms with Crippen molar-refractivity contribution >= 4 is 11.6 Å². The largest absolute Gasteiger partial charge is 0.334 e. The molecule has 1 aliphatic heterocycles. The Balaban J connectivity index is 1.78. The predicted octanol–water partition coefficient (Wildman–Crippen LogP) is 5.34. The van der Waals surface area contributed by atoms with Crippen LogP contribution in [0.15, 0.2) is 64.8 Å². The van der Waals surface area contributed by atoms with Crippen LogP contribution in [0.2, 0.25) is 0 Å². The van der Waals surface area contributed by atoms with Gasteiger partial charge < -0.3 is 9.84 Å². The third-order valence-corrected chi connectivity index (χ3v) is 5.43. The Kier molecular flexibility index (Phi) is 5.65. The van der Waals surface area contributed by atoms with Crippen LogP contribution >= 0.6 is 0 Å². The molecular weight excluding hydrogens is 376 g/mol. The Morgan fingerprint density at radius 2 is 1.80 bits per heavy atom. The van der Waals surface area contributed by atoms with Gasteiger partial charge in [-0.2, -0.15) is 4.98 Å². The highest BCUT2D eigenvalue weighted by molar-refractivity contribution is 5.86. The van der Waals surface area contributed by atoms with E-state index in [-0.39, 0.29) is 12.1 Å². The number of urea groups is 1. The van der Waals surface area contributed by atoms with Crippen LogP contribution in [0.1, 0.15) is 49.7 Å². The van der Waals surface area contributed by atoms with Gasteiger partial charge in [-0.25, -0.2) is 4.79 Å². The lowest BCUT2D eigenvalue weighted by Crippen LogP contribution is -2.46. The first-order valence-corrected chi connectivity index (χ1v) is 10.3. The van der Waals surface area contributed by atoms with Gasteiger partial charge in [0.1, 0.15) is 0 Å². The van der Waals surface area contributed by atoms with Crippen molar-refractivity contribution in [2.75, 3.05) is 6.54 Å². The first kappa shape index (κ1) is 19.9. The number of nitrogens with one attached hydrogen (secondary N) is 1. The van der Waals surface area contributed by atoms with Gasteiger partial charge in [0.2, 0.25) is 5.82 Å². The maximum atomic E-state index is 12.8. The zero-order valence-corrected chi connectivity index (χ0v) is 17.6. The first-order valence-electron chi connectivity index (χ1n) is 10.3. The molecule has 1 aliphatic rings. The van der Waals surface area contributed by atoms with E-state index < -0.39 is 0 Å². The molecule has 30 heavy (non-hydrogen) atoms. The molecule has 2 heterocycles. The maximum Gasteiger partial charge on any atom is 0.322 e. The number of carbonyl (C=O) groups is 1. The molecule has 0 fully saturated rings. The fourth-order valence-electron chi connectivity index (χ4n) is 3.69. The second-order valence-corrected chi connectivity index (χ2v) is 7.59. The third-order valence-electron chi connectivity index (χ3n) is 5.43. The minimum Gasteiger partial charge on any atom is -0.334 e. The van der Waals surface area contributed by atoms with Gasteiger partial charge in [-0.05, 0) is 25.8 Å². The molecular formula is C24H26N4O2. The van der Waals surface area contributed by atoms with E-state index in [9.17, 15) is 4.79 Å². The second kappa shape index (κ2) is 8.53. The monoisotopic (exact) mass is 402 g/mol. The molecule has 0 saturated carbocycles. The van der Waals surface area contributed by atoms with Gasteiger partial charge in [-0.3, -0.25) is 4.90 Å². The minimum atomic E-state index is -0.345. The van der Waals surface area contributed by atoms with Crippen molar-refractivity contribution in [2.45, 2.75) is 39.7 Å². The van der Waals surface area contributed by atoms with E-state index in [1.807, 2.05) is 68.4 Å². The zero-order valence-electron chi connectivity index (χ0n) is 17.6. The molecule has 0 bridgehead atoms. The number of unbranched alkanes of at least 4 members (excludes halogenated alkanes) is 1. The fraction of sp³-hybridized carbons (Fsp3) is 0.292. The number of aromatic nitrogens is 2. The Labute approximate surface area is 176 Å². The van der Waals surface area contributed by atoms with Gasteiger partial charge in [-0.1, -0.05) is 78.7 Å².